The van der Waals surface area contributed by atoms with Crippen molar-refractivity contribution in [1.29, 1.82) is 0 Å². The number of nitrogens with two attached hydrogens (primary N) is 1. The number of aromatic nitrogens is 4. The molecule has 1 aromatic carbocycles. The van der Waals surface area contributed by atoms with Crippen LogP contribution in [0.1, 0.15) is 13.2 Å². The molecule has 2 aliphatic rings. The molecular weight excluding hydrogens is 436 g/mol. The molecule has 0 bridgehead atoms. The van der Waals surface area contributed by atoms with Gasteiger partial charge in [-0.05, 0) is 19.1 Å². The molecule has 1 aliphatic carbocycles. The van der Waals surface area contributed by atoms with Crippen molar-refractivity contribution < 1.29 is 32.7 Å². The topological polar surface area (TPSA) is 175 Å². The predicted molar refractivity (Wildman–Crippen MR) is 103 cm³/mol. The summed E-state index contributed by atoms with van der Waals surface area (Å²) in [5.41, 5.74) is 0.0313. The first kappa shape index (κ1) is 20.1. The Morgan fingerprint density at radius 2 is 2.10 bits per heavy atom. The van der Waals surface area contributed by atoms with Crippen LogP contribution in [0, 0.1) is 0 Å². The van der Waals surface area contributed by atoms with Crippen molar-refractivity contribution in [1.82, 2.24) is 19.5 Å². The maximum Gasteiger partial charge on any atom is 0.527 e. The van der Waals surface area contributed by atoms with Gasteiger partial charge in [-0.15, -0.1) is 0 Å². The van der Waals surface area contributed by atoms with Crippen molar-refractivity contribution in [3.63, 3.8) is 0 Å². The highest BCUT2D eigenvalue weighted by molar-refractivity contribution is 7.47. The molecule has 5 N–H and O–H groups in total. The number of nitrogen functional groups attached to an aromatic ring is 1. The van der Waals surface area contributed by atoms with Gasteiger partial charge in [-0.1, -0.05) is 18.2 Å². The number of nitrogens with zero attached hydrogens (tertiary/aromatic N) is 3. The number of ether oxygens (including phenoxy) is 1. The third-order valence-electron chi connectivity index (χ3n) is 5.47. The first-order valence-corrected chi connectivity index (χ1v) is 10.6. The Balaban J connectivity index is 1.40. The van der Waals surface area contributed by atoms with E-state index in [-0.39, 0.29) is 22.9 Å². The van der Waals surface area contributed by atoms with Crippen LogP contribution >= 0.6 is 7.82 Å². The summed E-state index contributed by atoms with van der Waals surface area (Å²) < 4.78 is 44.8. The van der Waals surface area contributed by atoms with Gasteiger partial charge in [0.25, 0.3) is 5.56 Å². The number of H-pyrrole nitrogens is 1. The molecule has 0 spiro atoms. The summed E-state index contributed by atoms with van der Waals surface area (Å²) in [6.07, 6.45) is -3.05. The Hall–Kier alpha value is -2.83. The highest BCUT2D eigenvalue weighted by Crippen LogP contribution is 2.66. The van der Waals surface area contributed by atoms with Crippen LogP contribution in [0.3, 0.4) is 0 Å². The Kier molecular flexibility index (Phi) is 4.11. The Labute approximate surface area is 173 Å². The van der Waals surface area contributed by atoms with E-state index in [0.29, 0.717) is 0 Å². The number of alkyl halides is 1. The minimum atomic E-state index is -4.69. The first-order valence-electron chi connectivity index (χ1n) is 9.09. The summed E-state index contributed by atoms with van der Waals surface area (Å²) in [5, 5.41) is 10.9. The number of halogens is 1. The quantitative estimate of drug-likeness (QED) is 0.401. The van der Waals surface area contributed by atoms with Crippen molar-refractivity contribution >= 4 is 24.9 Å². The molecule has 0 radical (unpaired) electrons. The zero-order valence-electron chi connectivity index (χ0n) is 15.9. The van der Waals surface area contributed by atoms with Crippen molar-refractivity contribution in [3.8, 4) is 5.75 Å². The molecular formula is C17H17FN5O7P. The van der Waals surface area contributed by atoms with Crippen LogP contribution < -0.4 is 15.8 Å². The molecule has 2 fully saturated rings. The number of anilines is 1. The lowest BCUT2D eigenvalue weighted by Gasteiger charge is -2.30. The van der Waals surface area contributed by atoms with E-state index in [0.717, 1.165) is 17.8 Å². The van der Waals surface area contributed by atoms with Gasteiger partial charge in [0.1, 0.15) is 18.0 Å². The van der Waals surface area contributed by atoms with E-state index in [2.05, 4.69) is 15.0 Å². The Morgan fingerprint density at radius 3 is 2.74 bits per heavy atom. The van der Waals surface area contributed by atoms with Crippen LogP contribution in [0.15, 0.2) is 41.5 Å². The van der Waals surface area contributed by atoms with Gasteiger partial charge < -0.3 is 20.1 Å². The van der Waals surface area contributed by atoms with Crippen molar-refractivity contribution in [2.24, 2.45) is 0 Å². The average molecular weight is 453 g/mol. The van der Waals surface area contributed by atoms with Gasteiger partial charge in [0, 0.05) is 0 Å². The smallest absolute Gasteiger partial charge is 0.404 e. The zero-order chi connectivity index (χ0) is 22.2. The highest BCUT2D eigenvalue weighted by Gasteiger charge is 2.85. The number of phosphoric ester groups is 1. The number of aliphatic hydroxyl groups is 1. The lowest BCUT2D eigenvalue weighted by molar-refractivity contribution is -0.112. The van der Waals surface area contributed by atoms with Crippen molar-refractivity contribution in [2.75, 3.05) is 5.73 Å². The lowest BCUT2D eigenvalue weighted by atomic mass is 9.97. The van der Waals surface area contributed by atoms with Gasteiger partial charge in [0.15, 0.2) is 28.7 Å². The fraction of sp³-hybridized carbons (Fsp3) is 0.353. The first-order chi connectivity index (χ1) is 14.5. The summed E-state index contributed by atoms with van der Waals surface area (Å²) in [6, 6.07) is 7.73. The molecule has 1 aliphatic heterocycles. The summed E-state index contributed by atoms with van der Waals surface area (Å²) >= 11 is 0. The second-order valence-electron chi connectivity index (χ2n) is 7.48. The number of imidazole rings is 1. The second kappa shape index (κ2) is 6.34. The lowest BCUT2D eigenvalue weighted by Crippen LogP contribution is -2.45. The highest BCUT2D eigenvalue weighted by atomic mass is 31.2. The normalized spacial score (nSPS) is 33.7. The molecule has 164 valence electrons. The van der Waals surface area contributed by atoms with Crippen molar-refractivity contribution in [2.45, 2.75) is 36.6 Å². The monoisotopic (exact) mass is 453 g/mol. The summed E-state index contributed by atoms with van der Waals surface area (Å²) in [5.74, 6) is -0.145. The van der Waals surface area contributed by atoms with Crippen molar-refractivity contribution in [3.05, 3.63) is 47.0 Å². The van der Waals surface area contributed by atoms with Crippen LogP contribution in [0.25, 0.3) is 11.2 Å². The van der Waals surface area contributed by atoms with E-state index >= 15 is 4.39 Å². The van der Waals surface area contributed by atoms with E-state index < -0.39 is 43.1 Å². The van der Waals surface area contributed by atoms with E-state index in [4.69, 9.17) is 19.5 Å². The third-order valence-corrected chi connectivity index (χ3v) is 6.40. The standard InChI is InChI=1S/C17H17FN5O7P/c1-16(18)14(23-7-20-9-12(23)21-15(19)22-13(9)24)28-10-11(17(10,16)25)30-31(26,27)29-8-5-3-2-4-6-8/h2-7,10-11,14,25H,1H3,(H,26,27)(H3,19,21,22,24)/t10-,11?,14-,16+,17+/m1/s1. The zero-order valence-corrected chi connectivity index (χ0v) is 16.8. The fourth-order valence-corrected chi connectivity index (χ4v) is 4.86. The molecule has 1 saturated carbocycles. The molecule has 12 nitrogen and oxygen atoms in total. The molecule has 2 aromatic heterocycles. The molecule has 0 amide bonds. The molecule has 31 heavy (non-hydrogen) atoms. The van der Waals surface area contributed by atoms with E-state index in [1.807, 2.05) is 0 Å². The third kappa shape index (κ3) is 2.89. The number of para-hydroxylation sites is 1. The molecule has 2 unspecified atom stereocenters. The van der Waals surface area contributed by atoms with Crippen LogP contribution in [0.4, 0.5) is 10.3 Å². The van der Waals surface area contributed by atoms with Crippen LogP contribution in [-0.4, -0.2) is 53.0 Å². The van der Waals surface area contributed by atoms with E-state index in [9.17, 15) is 19.4 Å². The van der Waals surface area contributed by atoms with Crippen LogP contribution in [0.2, 0.25) is 0 Å². The Bertz CT molecular complexity index is 1280. The van der Waals surface area contributed by atoms with E-state index in [1.54, 1.807) is 18.2 Å². The minimum absolute atomic E-state index is 0.0438. The SMILES string of the molecule is C[C@]1(F)[C@H](n2cnc3c(=O)[nH]c(N)nc32)O[C@@H]2C(OP(=O)(O)Oc3ccccc3)[C@@]21O. The number of hydrogen-bond acceptors (Lipinski definition) is 9. The van der Waals surface area contributed by atoms with Crippen LogP contribution in [0.5, 0.6) is 5.75 Å². The number of fused-ring (bicyclic) bond motifs is 2. The minimum Gasteiger partial charge on any atom is -0.404 e. The molecule has 3 heterocycles. The average Bonchev–Trinajstić information content (AvgIpc) is 2.97. The maximum atomic E-state index is 15.8. The summed E-state index contributed by atoms with van der Waals surface area (Å²) in [4.78, 5) is 32.1. The summed E-state index contributed by atoms with van der Waals surface area (Å²) in [7, 11) is -4.69. The molecule has 3 aromatic rings. The van der Waals surface area contributed by atoms with Gasteiger partial charge in [0.2, 0.25) is 5.95 Å². The summed E-state index contributed by atoms with van der Waals surface area (Å²) in [6.45, 7) is 1.05. The second-order valence-corrected chi connectivity index (χ2v) is 8.81. The van der Waals surface area contributed by atoms with Gasteiger partial charge in [-0.2, -0.15) is 4.98 Å². The number of rotatable bonds is 5. The molecule has 14 heteroatoms. The van der Waals surface area contributed by atoms with Gasteiger partial charge in [0.05, 0.1) is 6.33 Å². The number of nitrogens with one attached hydrogen (secondary N) is 1. The maximum absolute atomic E-state index is 15.8. The Morgan fingerprint density at radius 1 is 1.39 bits per heavy atom. The van der Waals surface area contributed by atoms with Crippen LogP contribution in [-0.2, 0) is 13.8 Å². The largest absolute Gasteiger partial charge is 0.527 e. The number of benzene rings is 1. The number of aromatic amines is 1. The molecule has 5 rings (SSSR count). The predicted octanol–water partition coefficient (Wildman–Crippen LogP) is 0.637. The number of hydrogen-bond donors (Lipinski definition) is 4. The van der Waals surface area contributed by atoms with E-state index in [1.165, 1.54) is 12.1 Å². The molecule has 1 saturated heterocycles. The fourth-order valence-electron chi connectivity index (χ4n) is 3.87. The number of phosphoric acid groups is 1. The van der Waals surface area contributed by atoms with Gasteiger partial charge in [-0.25, -0.2) is 13.9 Å². The van der Waals surface area contributed by atoms with Gasteiger partial charge in [-0.3, -0.25) is 23.8 Å². The van der Waals surface area contributed by atoms with Gasteiger partial charge >= 0.3 is 7.82 Å². The molecule has 6 atom stereocenters.